The number of halogens is 1. The van der Waals surface area contributed by atoms with Gasteiger partial charge in [-0.2, -0.15) is 0 Å². The molecule has 0 bridgehead atoms. The molecule has 0 unspecified atom stereocenters. The molecule has 0 heterocycles. The molecule has 1 aromatic rings. The first-order chi connectivity index (χ1) is 7.79. The van der Waals surface area contributed by atoms with Gasteiger partial charge in [-0.3, -0.25) is 0 Å². The van der Waals surface area contributed by atoms with Gasteiger partial charge in [-0.05, 0) is 36.3 Å². The zero-order chi connectivity index (χ0) is 12.8. The van der Waals surface area contributed by atoms with E-state index in [9.17, 15) is 9.50 Å². The number of aliphatic hydroxyl groups is 1. The second kappa shape index (κ2) is 3.81. The number of rotatable bonds is 2. The molecule has 17 heavy (non-hydrogen) atoms. The van der Waals surface area contributed by atoms with Crippen molar-refractivity contribution in [2.75, 3.05) is 0 Å². The predicted octanol–water partition coefficient (Wildman–Crippen LogP) is 3.54. The molecule has 0 radical (unpaired) electrons. The third kappa shape index (κ3) is 1.99. The fraction of sp³-hybridized carbons (Fsp3) is 0.600. The molecule has 0 spiro atoms. The van der Waals surface area contributed by atoms with Crippen molar-refractivity contribution in [2.24, 2.45) is 0 Å². The van der Waals surface area contributed by atoms with Gasteiger partial charge < -0.3 is 5.11 Å². The van der Waals surface area contributed by atoms with Gasteiger partial charge in [0.15, 0.2) is 0 Å². The number of benzene rings is 1. The molecule has 1 aliphatic carbocycles. The van der Waals surface area contributed by atoms with Crippen molar-refractivity contribution in [1.29, 1.82) is 0 Å². The van der Waals surface area contributed by atoms with E-state index in [4.69, 9.17) is 0 Å². The Morgan fingerprint density at radius 1 is 1.29 bits per heavy atom. The smallest absolute Gasteiger partial charge is 0.130 e. The zero-order valence-electron chi connectivity index (χ0n) is 11.0. The number of hydrogen-bond donors (Lipinski definition) is 1. The average Bonchev–Trinajstić information content (AvgIpc) is 2.97. The summed E-state index contributed by atoms with van der Waals surface area (Å²) < 4.78 is 14.6. The summed E-state index contributed by atoms with van der Waals surface area (Å²) >= 11 is 0. The van der Waals surface area contributed by atoms with E-state index in [1.54, 1.807) is 6.92 Å². The van der Waals surface area contributed by atoms with E-state index >= 15 is 0 Å². The Morgan fingerprint density at radius 3 is 2.29 bits per heavy atom. The molecule has 2 rings (SSSR count). The van der Waals surface area contributed by atoms with E-state index < -0.39 is 6.10 Å². The van der Waals surface area contributed by atoms with E-state index in [-0.39, 0.29) is 16.6 Å². The van der Waals surface area contributed by atoms with E-state index in [1.807, 2.05) is 39.0 Å². The largest absolute Gasteiger partial charge is 0.392 e. The summed E-state index contributed by atoms with van der Waals surface area (Å²) in [4.78, 5) is 0. The van der Waals surface area contributed by atoms with Crippen LogP contribution in [0.4, 0.5) is 4.39 Å². The minimum atomic E-state index is -0.479. The Morgan fingerprint density at radius 2 is 1.88 bits per heavy atom. The van der Waals surface area contributed by atoms with Crippen LogP contribution in [-0.4, -0.2) is 11.2 Å². The molecule has 0 saturated heterocycles. The summed E-state index contributed by atoms with van der Waals surface area (Å²) in [5.41, 5.74) is 0.905. The lowest BCUT2D eigenvalue weighted by molar-refractivity contribution is 0.148. The summed E-state index contributed by atoms with van der Waals surface area (Å²) in [5, 5.41) is 9.85. The van der Waals surface area contributed by atoms with Gasteiger partial charge in [-0.1, -0.05) is 39.0 Å². The molecule has 0 aliphatic heterocycles. The summed E-state index contributed by atoms with van der Waals surface area (Å²) in [6.45, 7) is 7.79. The molecule has 94 valence electrons. The predicted molar refractivity (Wildman–Crippen MR) is 67.7 cm³/mol. The summed E-state index contributed by atoms with van der Waals surface area (Å²) in [7, 11) is 0. The minimum absolute atomic E-state index is 0.126. The molecule has 1 aromatic carbocycles. The Kier molecular flexibility index (Phi) is 2.81. The molecular formula is C15H21FO. The first kappa shape index (κ1) is 12.6. The van der Waals surface area contributed by atoms with Gasteiger partial charge in [0.25, 0.3) is 0 Å². The first-order valence-electron chi connectivity index (χ1n) is 6.26. The maximum atomic E-state index is 14.6. The third-order valence-electron chi connectivity index (χ3n) is 3.93. The lowest BCUT2D eigenvalue weighted by Crippen LogP contribution is -2.25. The van der Waals surface area contributed by atoms with Crippen LogP contribution in [0.15, 0.2) is 18.2 Å². The highest BCUT2D eigenvalue weighted by Crippen LogP contribution is 2.52. The van der Waals surface area contributed by atoms with Crippen LogP contribution in [0.1, 0.15) is 51.7 Å². The van der Waals surface area contributed by atoms with Crippen molar-refractivity contribution in [1.82, 2.24) is 0 Å². The molecule has 1 saturated carbocycles. The molecule has 2 heteroatoms. The third-order valence-corrected chi connectivity index (χ3v) is 3.93. The number of hydrogen-bond acceptors (Lipinski definition) is 1. The lowest BCUT2D eigenvalue weighted by atomic mass is 9.82. The molecule has 1 N–H and O–H groups in total. The van der Waals surface area contributed by atoms with Gasteiger partial charge in [0.1, 0.15) is 5.82 Å². The molecule has 1 aliphatic rings. The van der Waals surface area contributed by atoms with Gasteiger partial charge in [0, 0.05) is 5.41 Å². The van der Waals surface area contributed by atoms with Crippen molar-refractivity contribution in [3.63, 3.8) is 0 Å². The van der Waals surface area contributed by atoms with Crippen LogP contribution in [0.2, 0.25) is 0 Å². The second-order valence-electron chi connectivity index (χ2n) is 6.25. The average molecular weight is 236 g/mol. The molecule has 0 aromatic heterocycles. The van der Waals surface area contributed by atoms with Crippen LogP contribution in [0.5, 0.6) is 0 Å². The number of aliphatic hydroxyl groups excluding tert-OH is 1. The highest BCUT2D eigenvalue weighted by molar-refractivity contribution is 5.39. The standard InChI is InChI=1S/C15H21FO/c1-10(17)15(8-9-15)12-7-5-6-11(13(12)16)14(2,3)4/h5-7,10,17H,8-9H2,1-4H3/t10-/m1/s1. The van der Waals surface area contributed by atoms with Gasteiger partial charge in [-0.25, -0.2) is 4.39 Å². The summed E-state index contributed by atoms with van der Waals surface area (Å²) in [5.74, 6) is -0.126. The second-order valence-corrected chi connectivity index (χ2v) is 6.25. The van der Waals surface area contributed by atoms with Crippen LogP contribution >= 0.6 is 0 Å². The SMILES string of the molecule is C[C@@H](O)C1(c2cccc(C(C)(C)C)c2F)CC1. The summed E-state index contributed by atoms with van der Waals surface area (Å²) in [6, 6.07) is 5.57. The van der Waals surface area contributed by atoms with Crippen LogP contribution in [0.3, 0.4) is 0 Å². The Balaban J connectivity index is 2.51. The lowest BCUT2D eigenvalue weighted by Gasteiger charge is -2.25. The zero-order valence-corrected chi connectivity index (χ0v) is 11.0. The normalized spacial score (nSPS) is 20.1. The molecule has 1 nitrogen and oxygen atoms in total. The molecule has 1 atom stereocenters. The van der Waals surface area contributed by atoms with Crippen LogP contribution < -0.4 is 0 Å². The van der Waals surface area contributed by atoms with E-state index in [0.29, 0.717) is 5.56 Å². The van der Waals surface area contributed by atoms with Crippen molar-refractivity contribution in [3.05, 3.63) is 35.1 Å². The Labute approximate surface area is 103 Å². The van der Waals surface area contributed by atoms with Crippen molar-refractivity contribution >= 4 is 0 Å². The molecule has 1 fully saturated rings. The van der Waals surface area contributed by atoms with E-state index in [1.165, 1.54) is 0 Å². The topological polar surface area (TPSA) is 20.2 Å². The highest BCUT2D eigenvalue weighted by atomic mass is 19.1. The van der Waals surface area contributed by atoms with Gasteiger partial charge in [0.2, 0.25) is 0 Å². The Bertz CT molecular complexity index is 425. The fourth-order valence-electron chi connectivity index (χ4n) is 2.54. The van der Waals surface area contributed by atoms with Gasteiger partial charge in [0.05, 0.1) is 6.10 Å². The van der Waals surface area contributed by atoms with Gasteiger partial charge in [-0.15, -0.1) is 0 Å². The van der Waals surface area contributed by atoms with Crippen LogP contribution in [0, 0.1) is 5.82 Å². The maximum absolute atomic E-state index is 14.6. The maximum Gasteiger partial charge on any atom is 0.130 e. The highest BCUT2D eigenvalue weighted by Gasteiger charge is 2.50. The monoisotopic (exact) mass is 236 g/mol. The van der Waals surface area contributed by atoms with Crippen LogP contribution in [0.25, 0.3) is 0 Å². The van der Waals surface area contributed by atoms with Crippen molar-refractivity contribution in [2.45, 2.75) is 57.5 Å². The Hall–Kier alpha value is -0.890. The quantitative estimate of drug-likeness (QED) is 0.832. The van der Waals surface area contributed by atoms with E-state index in [2.05, 4.69) is 0 Å². The molecular weight excluding hydrogens is 215 g/mol. The fourth-order valence-corrected chi connectivity index (χ4v) is 2.54. The van der Waals surface area contributed by atoms with Crippen molar-refractivity contribution in [3.8, 4) is 0 Å². The first-order valence-corrected chi connectivity index (χ1v) is 6.26. The summed E-state index contributed by atoms with van der Waals surface area (Å²) in [6.07, 6.45) is 1.29. The minimum Gasteiger partial charge on any atom is -0.392 e. The van der Waals surface area contributed by atoms with E-state index in [0.717, 1.165) is 18.4 Å². The van der Waals surface area contributed by atoms with Gasteiger partial charge >= 0.3 is 0 Å². The molecule has 0 amide bonds. The van der Waals surface area contributed by atoms with Crippen molar-refractivity contribution < 1.29 is 9.50 Å². The van der Waals surface area contributed by atoms with Crippen LogP contribution in [-0.2, 0) is 10.8 Å².